The number of amides is 1. The molecule has 29 heavy (non-hydrogen) atoms. The van der Waals surface area contributed by atoms with Gasteiger partial charge in [0.2, 0.25) is 5.91 Å². The summed E-state index contributed by atoms with van der Waals surface area (Å²) < 4.78 is 0. The predicted octanol–water partition coefficient (Wildman–Crippen LogP) is 3.95. The Bertz CT molecular complexity index is 820. The molecular formula is C25H31N3O. The smallest absolute Gasteiger partial charge is 0.223 e. The monoisotopic (exact) mass is 389 g/mol. The Morgan fingerprint density at radius 3 is 2.62 bits per heavy atom. The summed E-state index contributed by atoms with van der Waals surface area (Å²) in [5, 5.41) is 0. The minimum atomic E-state index is 0.231. The second-order valence-electron chi connectivity index (χ2n) is 9.20. The molecule has 3 aliphatic rings. The number of hydrogen-bond donors (Lipinski definition) is 0. The first-order valence-corrected chi connectivity index (χ1v) is 11.2. The van der Waals surface area contributed by atoms with Gasteiger partial charge in [-0.05, 0) is 48.3 Å². The van der Waals surface area contributed by atoms with Crippen molar-refractivity contribution in [1.29, 1.82) is 0 Å². The van der Waals surface area contributed by atoms with Gasteiger partial charge in [0.25, 0.3) is 0 Å². The fourth-order valence-corrected chi connectivity index (χ4v) is 5.60. The number of aryl methyl sites for hydroxylation is 1. The summed E-state index contributed by atoms with van der Waals surface area (Å²) in [6, 6.07) is 15.0. The number of nitrogens with zero attached hydrogens (tertiary/aromatic N) is 3. The van der Waals surface area contributed by atoms with Crippen LogP contribution in [0.25, 0.3) is 0 Å². The Balaban J connectivity index is 1.30. The van der Waals surface area contributed by atoms with Gasteiger partial charge in [-0.25, -0.2) is 0 Å². The molecule has 4 heteroatoms. The average molecular weight is 390 g/mol. The molecule has 5 rings (SSSR count). The van der Waals surface area contributed by atoms with Gasteiger partial charge < -0.3 is 9.80 Å². The van der Waals surface area contributed by atoms with Crippen molar-refractivity contribution in [2.24, 2.45) is 17.8 Å². The molecule has 0 unspecified atom stereocenters. The molecule has 2 saturated heterocycles. The van der Waals surface area contributed by atoms with Crippen LogP contribution in [-0.2, 0) is 11.2 Å². The Morgan fingerprint density at radius 1 is 1.03 bits per heavy atom. The molecule has 0 bridgehead atoms. The molecule has 1 aliphatic carbocycles. The summed E-state index contributed by atoms with van der Waals surface area (Å²) in [6.07, 6.45) is 9.23. The lowest BCUT2D eigenvalue weighted by atomic mass is 9.85. The molecule has 2 aliphatic heterocycles. The molecule has 0 spiro atoms. The van der Waals surface area contributed by atoms with Crippen molar-refractivity contribution in [3.8, 4) is 0 Å². The van der Waals surface area contributed by atoms with E-state index in [9.17, 15) is 4.79 Å². The molecule has 3 heterocycles. The second kappa shape index (κ2) is 8.27. The topological polar surface area (TPSA) is 36.4 Å². The molecular weight excluding hydrogens is 358 g/mol. The predicted molar refractivity (Wildman–Crippen MR) is 114 cm³/mol. The van der Waals surface area contributed by atoms with Gasteiger partial charge in [0.15, 0.2) is 0 Å². The molecule has 2 aromatic rings. The number of likely N-dealkylation sites (tertiary alicyclic amines) is 2. The van der Waals surface area contributed by atoms with Gasteiger partial charge in [0, 0.05) is 50.9 Å². The van der Waals surface area contributed by atoms with Gasteiger partial charge >= 0.3 is 0 Å². The zero-order chi connectivity index (χ0) is 19.6. The summed E-state index contributed by atoms with van der Waals surface area (Å²) in [5.74, 6) is 2.39. The van der Waals surface area contributed by atoms with Gasteiger partial charge in [-0.15, -0.1) is 0 Å². The molecule has 1 saturated carbocycles. The molecule has 1 aromatic carbocycles. The maximum absolute atomic E-state index is 13.2. The first-order chi connectivity index (χ1) is 14.3. The Morgan fingerprint density at radius 2 is 1.90 bits per heavy atom. The molecule has 0 radical (unpaired) electrons. The lowest BCUT2D eigenvalue weighted by Gasteiger charge is -2.33. The highest BCUT2D eigenvalue weighted by Crippen LogP contribution is 2.45. The van der Waals surface area contributed by atoms with Gasteiger partial charge in [0.05, 0.1) is 6.04 Å². The van der Waals surface area contributed by atoms with Gasteiger partial charge in [-0.3, -0.25) is 9.78 Å². The van der Waals surface area contributed by atoms with Crippen molar-refractivity contribution >= 4 is 5.91 Å². The second-order valence-corrected chi connectivity index (χ2v) is 9.20. The van der Waals surface area contributed by atoms with Crippen LogP contribution in [0, 0.1) is 17.8 Å². The van der Waals surface area contributed by atoms with Crippen LogP contribution in [-0.4, -0.2) is 46.9 Å². The van der Waals surface area contributed by atoms with Crippen molar-refractivity contribution in [1.82, 2.24) is 14.8 Å². The Kier molecular flexibility index (Phi) is 5.36. The van der Waals surface area contributed by atoms with Crippen molar-refractivity contribution < 1.29 is 4.79 Å². The highest BCUT2D eigenvalue weighted by Gasteiger charge is 2.49. The van der Waals surface area contributed by atoms with Crippen LogP contribution in [0.15, 0.2) is 54.9 Å². The minimum Gasteiger partial charge on any atom is -0.335 e. The van der Waals surface area contributed by atoms with Crippen LogP contribution in [0.5, 0.6) is 0 Å². The third-order valence-electron chi connectivity index (χ3n) is 7.29. The van der Waals surface area contributed by atoms with Crippen LogP contribution in [0.4, 0.5) is 0 Å². The third kappa shape index (κ3) is 3.95. The fraction of sp³-hybridized carbons (Fsp3) is 0.520. The van der Waals surface area contributed by atoms with E-state index in [-0.39, 0.29) is 6.04 Å². The molecule has 3 fully saturated rings. The molecule has 4 nitrogen and oxygen atoms in total. The number of carbonyl (C=O) groups excluding carboxylic acids is 1. The minimum absolute atomic E-state index is 0.231. The SMILES string of the molecule is O=C(CCc1cccnc1)N1C[C@@H]2CN(CC3CCC3)C[C@@H]2[C@H]1c1ccccc1. The Labute approximate surface area is 173 Å². The molecule has 3 atom stereocenters. The fourth-order valence-electron chi connectivity index (χ4n) is 5.60. The first-order valence-electron chi connectivity index (χ1n) is 11.2. The van der Waals surface area contributed by atoms with Crippen LogP contribution in [0.3, 0.4) is 0 Å². The lowest BCUT2D eigenvalue weighted by molar-refractivity contribution is -0.132. The van der Waals surface area contributed by atoms with Crippen molar-refractivity contribution in [2.45, 2.75) is 38.1 Å². The quantitative estimate of drug-likeness (QED) is 0.751. The number of benzene rings is 1. The number of hydrogen-bond acceptors (Lipinski definition) is 3. The Hall–Kier alpha value is -2.20. The van der Waals surface area contributed by atoms with Gasteiger partial charge in [0.1, 0.15) is 0 Å². The van der Waals surface area contributed by atoms with Crippen LogP contribution >= 0.6 is 0 Å². The lowest BCUT2D eigenvalue weighted by Crippen LogP contribution is -2.37. The summed E-state index contributed by atoms with van der Waals surface area (Å²) in [6.45, 7) is 4.49. The van der Waals surface area contributed by atoms with E-state index in [1.54, 1.807) is 6.20 Å². The summed E-state index contributed by atoms with van der Waals surface area (Å²) >= 11 is 0. The van der Waals surface area contributed by atoms with E-state index in [1.807, 2.05) is 12.3 Å². The maximum atomic E-state index is 13.2. The third-order valence-corrected chi connectivity index (χ3v) is 7.29. The normalized spacial score (nSPS) is 27.0. The van der Waals surface area contributed by atoms with Crippen LogP contribution in [0.2, 0.25) is 0 Å². The average Bonchev–Trinajstić information content (AvgIpc) is 3.28. The van der Waals surface area contributed by atoms with E-state index < -0.39 is 0 Å². The van der Waals surface area contributed by atoms with E-state index in [0.29, 0.717) is 24.2 Å². The number of rotatable bonds is 6. The van der Waals surface area contributed by atoms with Gasteiger partial charge in [-0.2, -0.15) is 0 Å². The van der Waals surface area contributed by atoms with Crippen LogP contribution in [0.1, 0.15) is 42.9 Å². The zero-order valence-electron chi connectivity index (χ0n) is 17.1. The van der Waals surface area contributed by atoms with Crippen molar-refractivity contribution in [3.05, 3.63) is 66.0 Å². The number of fused-ring (bicyclic) bond motifs is 1. The summed E-state index contributed by atoms with van der Waals surface area (Å²) in [4.78, 5) is 22.3. The molecule has 152 valence electrons. The summed E-state index contributed by atoms with van der Waals surface area (Å²) in [5.41, 5.74) is 2.45. The highest BCUT2D eigenvalue weighted by molar-refractivity contribution is 5.77. The molecule has 1 amide bonds. The number of pyridine rings is 1. The maximum Gasteiger partial charge on any atom is 0.223 e. The van der Waals surface area contributed by atoms with E-state index in [0.717, 1.165) is 37.5 Å². The first kappa shape index (κ1) is 18.8. The van der Waals surface area contributed by atoms with E-state index in [2.05, 4.69) is 51.2 Å². The highest BCUT2D eigenvalue weighted by atomic mass is 16.2. The summed E-state index contributed by atoms with van der Waals surface area (Å²) in [7, 11) is 0. The largest absolute Gasteiger partial charge is 0.335 e. The van der Waals surface area contributed by atoms with E-state index in [1.165, 1.54) is 31.4 Å². The number of aromatic nitrogens is 1. The van der Waals surface area contributed by atoms with Crippen LogP contribution < -0.4 is 0 Å². The molecule has 1 aromatic heterocycles. The van der Waals surface area contributed by atoms with Crippen molar-refractivity contribution in [2.75, 3.05) is 26.2 Å². The standard InChI is InChI=1S/C25H31N3O/c29-24(12-11-19-8-5-13-26-14-19)28-17-22-16-27(15-20-6-4-7-20)18-23(22)25(28)21-9-2-1-3-10-21/h1-3,5,8-10,13-14,20,22-23,25H,4,6-7,11-12,15-18H2/t22-,23-,25+/m0/s1. The molecule has 0 N–H and O–H groups in total. The zero-order valence-corrected chi connectivity index (χ0v) is 17.1. The van der Waals surface area contributed by atoms with E-state index >= 15 is 0 Å². The van der Waals surface area contributed by atoms with Crippen molar-refractivity contribution in [3.63, 3.8) is 0 Å². The van der Waals surface area contributed by atoms with Gasteiger partial charge in [-0.1, -0.05) is 42.8 Å². The number of carbonyl (C=O) groups is 1. The van der Waals surface area contributed by atoms with E-state index in [4.69, 9.17) is 0 Å².